The summed E-state index contributed by atoms with van der Waals surface area (Å²) >= 11 is 0. The van der Waals surface area contributed by atoms with Crippen LogP contribution in [0.15, 0.2) is 120 Å². The molecule has 2 bridgehead atoms. The second-order valence-corrected chi connectivity index (χ2v) is 9.27. The lowest BCUT2D eigenvalue weighted by Crippen LogP contribution is -2.41. The third kappa shape index (κ3) is 2.34. The Balaban J connectivity index is 1.57. The summed E-state index contributed by atoms with van der Waals surface area (Å²) in [4.78, 5) is 29.7. The van der Waals surface area contributed by atoms with E-state index in [9.17, 15) is 9.59 Å². The van der Waals surface area contributed by atoms with Crippen molar-refractivity contribution in [2.75, 3.05) is 4.90 Å². The average molecular weight is 456 g/mol. The molecule has 4 aromatic carbocycles. The Bertz CT molecular complexity index is 1460. The summed E-state index contributed by atoms with van der Waals surface area (Å²) in [6, 6.07) is 35.0. The van der Waals surface area contributed by atoms with Crippen molar-refractivity contribution in [1.82, 2.24) is 0 Å². The van der Waals surface area contributed by atoms with Gasteiger partial charge in [-0.3, -0.25) is 9.59 Å². The Hall–Kier alpha value is -4.28. The molecule has 0 fully saturated rings. The van der Waals surface area contributed by atoms with Gasteiger partial charge in [0.05, 0.1) is 16.8 Å². The number of carbonyl (C=O) groups is 2. The van der Waals surface area contributed by atoms with Gasteiger partial charge in [-0.2, -0.15) is 0 Å². The average Bonchev–Trinajstić information content (AvgIpc) is 3.50. The van der Waals surface area contributed by atoms with Gasteiger partial charge in [0.25, 0.3) is 11.8 Å². The van der Waals surface area contributed by atoms with E-state index in [1.54, 1.807) is 0 Å². The van der Waals surface area contributed by atoms with Crippen molar-refractivity contribution < 1.29 is 14.3 Å². The van der Waals surface area contributed by atoms with E-state index in [2.05, 4.69) is 0 Å². The normalized spacial score (nSPS) is 24.2. The first kappa shape index (κ1) is 20.1. The van der Waals surface area contributed by atoms with Gasteiger partial charge in [0.15, 0.2) is 11.2 Å². The molecule has 3 aliphatic heterocycles. The third-order valence-electron chi connectivity index (χ3n) is 7.43. The van der Waals surface area contributed by atoms with Gasteiger partial charge in [0.2, 0.25) is 0 Å². The molecule has 35 heavy (non-hydrogen) atoms. The van der Waals surface area contributed by atoms with E-state index >= 15 is 0 Å². The number of imide groups is 1. The van der Waals surface area contributed by atoms with Crippen molar-refractivity contribution in [3.8, 4) is 0 Å². The first-order valence-corrected chi connectivity index (χ1v) is 11.7. The van der Waals surface area contributed by atoms with Gasteiger partial charge in [-0.05, 0) is 41.3 Å². The van der Waals surface area contributed by atoms with Crippen molar-refractivity contribution in [3.63, 3.8) is 0 Å². The van der Waals surface area contributed by atoms with E-state index in [-0.39, 0.29) is 11.8 Å². The molecule has 0 aliphatic carbocycles. The highest BCUT2D eigenvalue weighted by Crippen LogP contribution is 2.67. The summed E-state index contributed by atoms with van der Waals surface area (Å²) in [5.41, 5.74) is 3.59. The second kappa shape index (κ2) is 6.87. The highest BCUT2D eigenvalue weighted by atomic mass is 16.5. The SMILES string of the molecule is Cc1ccc(N2C(=O)C3=C(C2=O)C2(c4ccccc4)OC3(c3ccccc3)c3ccccc32)cc1. The molecule has 4 aromatic rings. The number of benzene rings is 4. The summed E-state index contributed by atoms with van der Waals surface area (Å²) < 4.78 is 7.06. The maximum absolute atomic E-state index is 14.2. The van der Waals surface area contributed by atoms with Crippen LogP contribution in [0.1, 0.15) is 27.8 Å². The molecule has 2 amide bonds. The van der Waals surface area contributed by atoms with Crippen LogP contribution >= 0.6 is 0 Å². The van der Waals surface area contributed by atoms with E-state index in [0.717, 1.165) is 27.8 Å². The largest absolute Gasteiger partial charge is 0.340 e. The number of hydrogen-bond donors (Lipinski definition) is 0. The molecule has 0 saturated carbocycles. The smallest absolute Gasteiger partial charge is 0.265 e. The Morgan fingerprint density at radius 2 is 1.00 bits per heavy atom. The molecule has 3 heterocycles. The van der Waals surface area contributed by atoms with E-state index in [4.69, 9.17) is 4.74 Å². The standard InChI is InChI=1S/C31H21NO3/c1-20-16-18-23(19-17-20)32-28(33)26-27(29(32)34)31(22-12-6-3-7-13-22)25-15-9-8-14-24(25)30(26,35-31)21-10-4-2-5-11-21/h2-19H,1H3. The van der Waals surface area contributed by atoms with Crippen LogP contribution in [-0.2, 0) is 25.5 Å². The number of fused-ring (bicyclic) bond motifs is 7. The lowest BCUT2D eigenvalue weighted by molar-refractivity contribution is -0.125. The summed E-state index contributed by atoms with van der Waals surface area (Å²) in [6.45, 7) is 1.98. The summed E-state index contributed by atoms with van der Waals surface area (Å²) in [7, 11) is 0. The van der Waals surface area contributed by atoms with Gasteiger partial charge in [-0.15, -0.1) is 0 Å². The number of amides is 2. The fourth-order valence-electron chi connectivity index (χ4n) is 5.98. The molecular weight excluding hydrogens is 434 g/mol. The van der Waals surface area contributed by atoms with Crippen LogP contribution in [0.3, 0.4) is 0 Å². The van der Waals surface area contributed by atoms with Gasteiger partial charge in [-0.25, -0.2) is 4.90 Å². The Labute approximate surface area is 203 Å². The fourth-order valence-corrected chi connectivity index (χ4v) is 5.98. The molecule has 0 radical (unpaired) electrons. The number of nitrogens with zero attached hydrogens (tertiary/aromatic N) is 1. The zero-order valence-corrected chi connectivity index (χ0v) is 19.1. The minimum absolute atomic E-state index is 0.329. The van der Waals surface area contributed by atoms with Crippen molar-refractivity contribution in [2.45, 2.75) is 18.1 Å². The molecule has 2 unspecified atom stereocenters. The highest BCUT2D eigenvalue weighted by Gasteiger charge is 2.71. The predicted molar refractivity (Wildman–Crippen MR) is 133 cm³/mol. The summed E-state index contributed by atoms with van der Waals surface area (Å²) in [5.74, 6) is -0.657. The molecule has 168 valence electrons. The van der Waals surface area contributed by atoms with Crippen molar-refractivity contribution in [2.24, 2.45) is 0 Å². The maximum Gasteiger partial charge on any atom is 0.265 e. The van der Waals surface area contributed by atoms with Crippen molar-refractivity contribution in [3.05, 3.63) is 148 Å². The van der Waals surface area contributed by atoms with Crippen molar-refractivity contribution >= 4 is 17.5 Å². The van der Waals surface area contributed by atoms with Gasteiger partial charge >= 0.3 is 0 Å². The molecule has 2 atom stereocenters. The molecule has 4 heteroatoms. The van der Waals surface area contributed by atoms with E-state index < -0.39 is 11.2 Å². The van der Waals surface area contributed by atoms with Crippen molar-refractivity contribution in [1.29, 1.82) is 0 Å². The first-order valence-electron chi connectivity index (χ1n) is 11.7. The third-order valence-corrected chi connectivity index (χ3v) is 7.43. The van der Waals surface area contributed by atoms with Gasteiger partial charge < -0.3 is 4.74 Å². The molecule has 3 aliphatic rings. The Morgan fingerprint density at radius 3 is 1.46 bits per heavy atom. The van der Waals surface area contributed by atoms with Crippen LogP contribution in [0.2, 0.25) is 0 Å². The monoisotopic (exact) mass is 455 g/mol. The minimum atomic E-state index is -1.17. The van der Waals surface area contributed by atoms with E-state index in [1.165, 1.54) is 4.90 Å². The second-order valence-electron chi connectivity index (χ2n) is 9.27. The van der Waals surface area contributed by atoms with Crippen LogP contribution in [0.5, 0.6) is 0 Å². The quantitative estimate of drug-likeness (QED) is 0.389. The lowest BCUT2D eigenvalue weighted by atomic mass is 9.69. The molecule has 0 spiro atoms. The minimum Gasteiger partial charge on any atom is -0.340 e. The number of anilines is 1. The molecular formula is C31H21NO3. The van der Waals surface area contributed by atoms with Gasteiger partial charge in [-0.1, -0.05) is 103 Å². The number of aryl methyl sites for hydroxylation is 1. The zero-order valence-electron chi connectivity index (χ0n) is 19.1. The molecule has 0 saturated heterocycles. The predicted octanol–water partition coefficient (Wildman–Crippen LogP) is 5.40. The number of hydrogen-bond acceptors (Lipinski definition) is 3. The number of rotatable bonds is 3. The summed E-state index contributed by atoms with van der Waals surface area (Å²) in [6.07, 6.45) is 0. The van der Waals surface area contributed by atoms with Crippen LogP contribution in [0.25, 0.3) is 0 Å². The first-order chi connectivity index (χ1) is 17.1. The van der Waals surface area contributed by atoms with Crippen LogP contribution in [-0.4, -0.2) is 11.8 Å². The Kier molecular flexibility index (Phi) is 3.95. The summed E-state index contributed by atoms with van der Waals surface area (Å²) in [5, 5.41) is 0. The van der Waals surface area contributed by atoms with Crippen LogP contribution < -0.4 is 4.90 Å². The molecule has 7 rings (SSSR count). The Morgan fingerprint density at radius 1 is 0.571 bits per heavy atom. The van der Waals surface area contributed by atoms with Gasteiger partial charge in [0.1, 0.15) is 0 Å². The van der Waals surface area contributed by atoms with E-state index in [0.29, 0.717) is 16.8 Å². The molecule has 0 N–H and O–H groups in total. The fraction of sp³-hybridized carbons (Fsp3) is 0.0968. The molecule has 4 nitrogen and oxygen atoms in total. The van der Waals surface area contributed by atoms with Crippen LogP contribution in [0.4, 0.5) is 5.69 Å². The lowest BCUT2D eigenvalue weighted by Gasteiger charge is -2.32. The van der Waals surface area contributed by atoms with Crippen LogP contribution in [0, 0.1) is 6.92 Å². The topological polar surface area (TPSA) is 46.6 Å². The zero-order chi connectivity index (χ0) is 23.8. The number of carbonyl (C=O) groups excluding carboxylic acids is 2. The van der Waals surface area contributed by atoms with E-state index in [1.807, 2.05) is 116 Å². The highest BCUT2D eigenvalue weighted by molar-refractivity contribution is 6.35. The molecule has 0 aromatic heterocycles. The maximum atomic E-state index is 14.2. The number of ether oxygens (including phenoxy) is 1. The van der Waals surface area contributed by atoms with Gasteiger partial charge in [0, 0.05) is 0 Å².